The van der Waals surface area contributed by atoms with Crippen molar-refractivity contribution in [3.63, 3.8) is 0 Å². The Bertz CT molecular complexity index is 323. The number of carbonyl (C=O) groups excluding carboxylic acids is 1. The maximum Gasteiger partial charge on any atom is 0.317 e. The molecule has 0 fully saturated rings. The highest BCUT2D eigenvalue weighted by Crippen LogP contribution is 2.20. The molecule has 1 aromatic heterocycles. The lowest BCUT2D eigenvalue weighted by Crippen LogP contribution is -2.39. The minimum Gasteiger partial charge on any atom is -0.333 e. The van der Waals surface area contributed by atoms with E-state index < -0.39 is 0 Å². The molecular formula is C10H15ClN2OS. The van der Waals surface area contributed by atoms with E-state index in [4.69, 9.17) is 11.6 Å². The van der Waals surface area contributed by atoms with Crippen LogP contribution in [0, 0.1) is 0 Å². The van der Waals surface area contributed by atoms with Crippen LogP contribution in [0.1, 0.15) is 18.7 Å². The van der Waals surface area contributed by atoms with Crippen molar-refractivity contribution in [1.82, 2.24) is 10.2 Å². The molecule has 0 aromatic carbocycles. The van der Waals surface area contributed by atoms with Gasteiger partial charge in [0, 0.05) is 18.0 Å². The van der Waals surface area contributed by atoms with Crippen LogP contribution in [0.5, 0.6) is 0 Å². The van der Waals surface area contributed by atoms with Gasteiger partial charge in [0.25, 0.3) is 0 Å². The summed E-state index contributed by atoms with van der Waals surface area (Å²) < 4.78 is 0.752. The zero-order valence-electron chi connectivity index (χ0n) is 8.92. The number of nitrogens with zero attached hydrogens (tertiary/aromatic N) is 1. The Balaban J connectivity index is 2.40. The fourth-order valence-corrected chi connectivity index (χ4v) is 2.26. The minimum absolute atomic E-state index is 0.0236. The lowest BCUT2D eigenvalue weighted by atomic mass is 10.4. The highest BCUT2D eigenvalue weighted by Gasteiger charge is 2.08. The summed E-state index contributed by atoms with van der Waals surface area (Å²) in [4.78, 5) is 14.4. The molecule has 0 saturated carbocycles. The molecule has 1 aromatic rings. The summed E-state index contributed by atoms with van der Waals surface area (Å²) in [5.74, 6) is 0. The van der Waals surface area contributed by atoms with Gasteiger partial charge in [-0.05, 0) is 26.0 Å². The number of hydrogen-bond acceptors (Lipinski definition) is 2. The highest BCUT2D eigenvalue weighted by molar-refractivity contribution is 7.16. The van der Waals surface area contributed by atoms with Crippen LogP contribution in [-0.4, -0.2) is 24.0 Å². The van der Waals surface area contributed by atoms with Gasteiger partial charge in [-0.1, -0.05) is 11.6 Å². The van der Waals surface area contributed by atoms with E-state index in [1.165, 1.54) is 11.3 Å². The van der Waals surface area contributed by atoms with Gasteiger partial charge in [-0.15, -0.1) is 11.3 Å². The van der Waals surface area contributed by atoms with Crippen LogP contribution in [-0.2, 0) is 6.54 Å². The molecule has 0 spiro atoms. The molecule has 0 aliphatic rings. The number of urea groups is 1. The summed E-state index contributed by atoms with van der Waals surface area (Å²) in [6.07, 6.45) is 0. The maximum atomic E-state index is 11.6. The molecule has 3 nitrogen and oxygen atoms in total. The van der Waals surface area contributed by atoms with Crippen molar-refractivity contribution in [1.29, 1.82) is 0 Å². The Hall–Kier alpha value is -0.740. The van der Waals surface area contributed by atoms with Gasteiger partial charge < -0.3 is 10.2 Å². The van der Waals surface area contributed by atoms with Crippen molar-refractivity contribution in [3.8, 4) is 0 Å². The molecule has 15 heavy (non-hydrogen) atoms. The van der Waals surface area contributed by atoms with Crippen LogP contribution >= 0.6 is 22.9 Å². The van der Waals surface area contributed by atoms with Gasteiger partial charge in [-0.25, -0.2) is 4.79 Å². The molecule has 0 bridgehead atoms. The molecule has 0 aliphatic heterocycles. The Morgan fingerprint density at radius 3 is 2.60 bits per heavy atom. The molecule has 5 heteroatoms. The van der Waals surface area contributed by atoms with Crippen LogP contribution in [0.15, 0.2) is 12.1 Å². The quantitative estimate of drug-likeness (QED) is 0.871. The summed E-state index contributed by atoms with van der Waals surface area (Å²) in [7, 11) is 0. The average Bonchev–Trinajstić information content (AvgIpc) is 2.63. The molecule has 0 atom stereocenters. The van der Waals surface area contributed by atoms with Crippen LogP contribution in [0.25, 0.3) is 0 Å². The topological polar surface area (TPSA) is 32.3 Å². The SMILES string of the molecule is CCN(CC)C(=O)NCc1ccc(Cl)s1. The Morgan fingerprint density at radius 2 is 2.13 bits per heavy atom. The summed E-state index contributed by atoms with van der Waals surface area (Å²) in [5, 5.41) is 2.85. The van der Waals surface area contributed by atoms with Gasteiger partial charge >= 0.3 is 6.03 Å². The summed E-state index contributed by atoms with van der Waals surface area (Å²) in [6.45, 7) is 5.93. The summed E-state index contributed by atoms with van der Waals surface area (Å²) in [5.41, 5.74) is 0. The zero-order chi connectivity index (χ0) is 11.3. The fourth-order valence-electron chi connectivity index (χ4n) is 1.23. The number of hydrogen-bond donors (Lipinski definition) is 1. The third-order valence-electron chi connectivity index (χ3n) is 2.09. The smallest absolute Gasteiger partial charge is 0.317 e. The third kappa shape index (κ3) is 3.72. The predicted octanol–water partition coefficient (Wildman–Crippen LogP) is 2.95. The van der Waals surface area contributed by atoms with E-state index in [-0.39, 0.29) is 6.03 Å². The number of carbonyl (C=O) groups is 1. The molecule has 0 aliphatic carbocycles. The van der Waals surface area contributed by atoms with Crippen LogP contribution < -0.4 is 5.32 Å². The number of thiophene rings is 1. The van der Waals surface area contributed by atoms with Gasteiger partial charge in [0.15, 0.2) is 0 Å². The second kappa shape index (κ2) is 5.98. The van der Waals surface area contributed by atoms with Crippen molar-refractivity contribution in [2.75, 3.05) is 13.1 Å². The predicted molar refractivity (Wildman–Crippen MR) is 64.5 cm³/mol. The first kappa shape index (κ1) is 12.3. The minimum atomic E-state index is -0.0236. The summed E-state index contributed by atoms with van der Waals surface area (Å²) in [6, 6.07) is 3.74. The Labute approximate surface area is 99.0 Å². The molecular weight excluding hydrogens is 232 g/mol. The van der Waals surface area contributed by atoms with E-state index in [9.17, 15) is 4.79 Å². The molecule has 1 N–H and O–H groups in total. The van der Waals surface area contributed by atoms with Gasteiger partial charge in [-0.3, -0.25) is 0 Å². The monoisotopic (exact) mass is 246 g/mol. The van der Waals surface area contributed by atoms with Gasteiger partial charge in [0.1, 0.15) is 0 Å². The molecule has 0 unspecified atom stereocenters. The molecule has 2 amide bonds. The van der Waals surface area contributed by atoms with E-state index in [1.54, 1.807) is 4.90 Å². The van der Waals surface area contributed by atoms with Gasteiger partial charge in [0.05, 0.1) is 10.9 Å². The second-order valence-electron chi connectivity index (χ2n) is 3.04. The molecule has 1 heterocycles. The van der Waals surface area contributed by atoms with Crippen LogP contribution in [0.2, 0.25) is 4.34 Å². The van der Waals surface area contributed by atoms with E-state index >= 15 is 0 Å². The summed E-state index contributed by atoms with van der Waals surface area (Å²) >= 11 is 7.28. The molecule has 0 saturated heterocycles. The van der Waals surface area contributed by atoms with Crippen molar-refractivity contribution in [3.05, 3.63) is 21.3 Å². The second-order valence-corrected chi connectivity index (χ2v) is 4.84. The largest absolute Gasteiger partial charge is 0.333 e. The third-order valence-corrected chi connectivity index (χ3v) is 3.32. The molecule has 84 valence electrons. The number of halogens is 1. The lowest BCUT2D eigenvalue weighted by molar-refractivity contribution is 0.203. The van der Waals surface area contributed by atoms with Crippen molar-refractivity contribution >= 4 is 29.0 Å². The normalized spacial score (nSPS) is 10.1. The zero-order valence-corrected chi connectivity index (χ0v) is 10.5. The van der Waals surface area contributed by atoms with Crippen LogP contribution in [0.4, 0.5) is 4.79 Å². The van der Waals surface area contributed by atoms with E-state index in [1.807, 2.05) is 26.0 Å². The Kier molecular flexibility index (Phi) is 4.91. The van der Waals surface area contributed by atoms with Crippen LogP contribution in [0.3, 0.4) is 0 Å². The average molecular weight is 247 g/mol. The first-order valence-electron chi connectivity index (χ1n) is 4.94. The number of nitrogens with one attached hydrogen (secondary N) is 1. The standard InChI is InChI=1S/C10H15ClN2OS/c1-3-13(4-2)10(14)12-7-8-5-6-9(11)15-8/h5-6H,3-4,7H2,1-2H3,(H,12,14). The van der Waals surface area contributed by atoms with Crippen molar-refractivity contribution in [2.45, 2.75) is 20.4 Å². The first-order chi connectivity index (χ1) is 7.17. The van der Waals surface area contributed by atoms with E-state index in [2.05, 4.69) is 5.32 Å². The van der Waals surface area contributed by atoms with E-state index in [0.717, 1.165) is 22.3 Å². The molecule has 0 radical (unpaired) electrons. The van der Waals surface area contributed by atoms with Gasteiger partial charge in [0.2, 0.25) is 0 Å². The van der Waals surface area contributed by atoms with Crippen molar-refractivity contribution in [2.24, 2.45) is 0 Å². The fraction of sp³-hybridized carbons (Fsp3) is 0.500. The Morgan fingerprint density at radius 1 is 1.47 bits per heavy atom. The number of rotatable bonds is 4. The molecule has 1 rings (SSSR count). The lowest BCUT2D eigenvalue weighted by Gasteiger charge is -2.18. The highest BCUT2D eigenvalue weighted by atomic mass is 35.5. The maximum absolute atomic E-state index is 11.6. The number of amides is 2. The first-order valence-corrected chi connectivity index (χ1v) is 6.13. The van der Waals surface area contributed by atoms with E-state index in [0.29, 0.717) is 6.54 Å². The van der Waals surface area contributed by atoms with Gasteiger partial charge in [-0.2, -0.15) is 0 Å². The van der Waals surface area contributed by atoms with Crippen molar-refractivity contribution < 1.29 is 4.79 Å².